The Hall–Kier alpha value is -2.66. The van der Waals surface area contributed by atoms with Gasteiger partial charge < -0.3 is 14.2 Å². The summed E-state index contributed by atoms with van der Waals surface area (Å²) >= 11 is 0. The van der Waals surface area contributed by atoms with E-state index < -0.39 is 24.1 Å². The molecule has 2 aromatic carbocycles. The largest absolute Gasteiger partial charge is 0.459 e. The molecule has 24 heavy (non-hydrogen) atoms. The molecule has 5 nitrogen and oxygen atoms in total. The normalized spacial score (nSPS) is 19.7. The topological polar surface area (TPSA) is 61.8 Å². The third-order valence-corrected chi connectivity index (χ3v) is 3.81. The minimum absolute atomic E-state index is 0.0560. The second-order valence-corrected chi connectivity index (χ2v) is 5.47. The minimum Gasteiger partial charge on any atom is -0.459 e. The maximum absolute atomic E-state index is 12.1. The maximum atomic E-state index is 12.1. The maximum Gasteiger partial charge on any atom is 0.338 e. The highest BCUT2D eigenvalue weighted by Gasteiger charge is 2.33. The highest BCUT2D eigenvalue weighted by Crippen LogP contribution is 2.19. The van der Waals surface area contributed by atoms with Gasteiger partial charge in [-0.3, -0.25) is 0 Å². The minimum atomic E-state index is -0.440. The third kappa shape index (κ3) is 4.00. The Bertz CT molecular complexity index is 683. The molecule has 1 saturated heterocycles. The highest BCUT2D eigenvalue weighted by molar-refractivity contribution is 5.90. The Morgan fingerprint density at radius 3 is 2.12 bits per heavy atom. The number of ether oxygens (including phenoxy) is 3. The van der Waals surface area contributed by atoms with Crippen molar-refractivity contribution < 1.29 is 23.8 Å². The first-order valence-electron chi connectivity index (χ1n) is 7.84. The molecule has 1 aliphatic heterocycles. The van der Waals surface area contributed by atoms with Crippen molar-refractivity contribution in [2.45, 2.75) is 18.6 Å². The molecule has 0 radical (unpaired) electrons. The fourth-order valence-corrected chi connectivity index (χ4v) is 2.51. The number of esters is 2. The van der Waals surface area contributed by atoms with Crippen LogP contribution in [0.3, 0.4) is 0 Å². The van der Waals surface area contributed by atoms with E-state index in [0.29, 0.717) is 24.2 Å². The molecule has 0 aromatic heterocycles. The van der Waals surface area contributed by atoms with Crippen LogP contribution in [0.1, 0.15) is 27.1 Å². The number of benzene rings is 2. The number of carbonyl (C=O) groups is 2. The zero-order chi connectivity index (χ0) is 16.8. The van der Waals surface area contributed by atoms with Crippen LogP contribution in [0.5, 0.6) is 0 Å². The van der Waals surface area contributed by atoms with Gasteiger partial charge in [0.1, 0.15) is 18.8 Å². The average molecular weight is 326 g/mol. The van der Waals surface area contributed by atoms with Crippen LogP contribution in [-0.2, 0) is 14.2 Å². The number of carbonyl (C=O) groups excluding carboxylic acids is 2. The Morgan fingerprint density at radius 2 is 1.50 bits per heavy atom. The van der Waals surface area contributed by atoms with E-state index in [1.165, 1.54) is 0 Å². The molecule has 1 unspecified atom stereocenters. The molecule has 5 heteroatoms. The lowest BCUT2D eigenvalue weighted by atomic mass is 10.2. The van der Waals surface area contributed by atoms with Crippen LogP contribution in [0.4, 0.5) is 0 Å². The van der Waals surface area contributed by atoms with E-state index in [2.05, 4.69) is 0 Å². The summed E-state index contributed by atoms with van der Waals surface area (Å²) in [4.78, 5) is 24.1. The van der Waals surface area contributed by atoms with Gasteiger partial charge in [0.15, 0.2) is 0 Å². The lowest BCUT2D eigenvalue weighted by Crippen LogP contribution is -2.32. The van der Waals surface area contributed by atoms with Gasteiger partial charge in [-0.1, -0.05) is 36.4 Å². The van der Waals surface area contributed by atoms with Gasteiger partial charge in [0, 0.05) is 6.42 Å². The van der Waals surface area contributed by atoms with Gasteiger partial charge in [-0.15, -0.1) is 0 Å². The van der Waals surface area contributed by atoms with E-state index in [-0.39, 0.29) is 6.61 Å². The van der Waals surface area contributed by atoms with Crippen LogP contribution in [-0.4, -0.2) is 37.4 Å². The predicted molar refractivity (Wildman–Crippen MR) is 86.7 cm³/mol. The molecular formula is C19H18O5. The van der Waals surface area contributed by atoms with Crippen molar-refractivity contribution in [3.05, 3.63) is 71.8 Å². The summed E-state index contributed by atoms with van der Waals surface area (Å²) in [6.45, 7) is 0.529. The van der Waals surface area contributed by atoms with E-state index in [4.69, 9.17) is 14.2 Å². The van der Waals surface area contributed by atoms with E-state index in [9.17, 15) is 9.59 Å². The van der Waals surface area contributed by atoms with Crippen molar-refractivity contribution in [2.75, 3.05) is 13.2 Å². The fourth-order valence-electron chi connectivity index (χ4n) is 2.51. The summed E-state index contributed by atoms with van der Waals surface area (Å²) in [7, 11) is 0. The van der Waals surface area contributed by atoms with Crippen LogP contribution in [0.15, 0.2) is 60.7 Å². The van der Waals surface area contributed by atoms with Gasteiger partial charge in [0.25, 0.3) is 0 Å². The molecule has 0 spiro atoms. The zero-order valence-corrected chi connectivity index (χ0v) is 13.1. The highest BCUT2D eigenvalue weighted by atomic mass is 16.6. The van der Waals surface area contributed by atoms with Crippen molar-refractivity contribution in [3.8, 4) is 0 Å². The summed E-state index contributed by atoms with van der Waals surface area (Å²) in [6, 6.07) is 17.5. The molecule has 0 N–H and O–H groups in total. The number of rotatable bonds is 5. The molecule has 0 aliphatic carbocycles. The summed E-state index contributed by atoms with van der Waals surface area (Å²) in [5.74, 6) is -0.815. The second kappa shape index (κ2) is 7.75. The first kappa shape index (κ1) is 16.2. The average Bonchev–Trinajstić information content (AvgIpc) is 3.08. The molecule has 0 amide bonds. The first-order valence-corrected chi connectivity index (χ1v) is 7.84. The molecule has 1 fully saturated rings. The molecular weight excluding hydrogens is 308 g/mol. The van der Waals surface area contributed by atoms with Crippen LogP contribution in [0.2, 0.25) is 0 Å². The van der Waals surface area contributed by atoms with Crippen molar-refractivity contribution in [1.82, 2.24) is 0 Å². The lowest BCUT2D eigenvalue weighted by molar-refractivity contribution is -0.0282. The summed E-state index contributed by atoms with van der Waals surface area (Å²) < 4.78 is 16.3. The molecule has 0 saturated carbocycles. The van der Waals surface area contributed by atoms with Gasteiger partial charge in [-0.2, -0.15) is 0 Å². The van der Waals surface area contributed by atoms with Gasteiger partial charge in [0.2, 0.25) is 0 Å². The SMILES string of the molecule is O=C(OC[C@@H]1OCCC1OC(=O)c1ccccc1)c1ccccc1. The number of hydrogen-bond acceptors (Lipinski definition) is 5. The van der Waals surface area contributed by atoms with Gasteiger partial charge >= 0.3 is 11.9 Å². The van der Waals surface area contributed by atoms with Crippen molar-refractivity contribution >= 4 is 11.9 Å². The van der Waals surface area contributed by atoms with Crippen LogP contribution in [0, 0.1) is 0 Å². The molecule has 2 atom stereocenters. The summed E-state index contributed by atoms with van der Waals surface area (Å²) in [5.41, 5.74) is 0.970. The van der Waals surface area contributed by atoms with E-state index >= 15 is 0 Å². The van der Waals surface area contributed by atoms with Gasteiger partial charge in [0.05, 0.1) is 17.7 Å². The molecule has 0 bridgehead atoms. The van der Waals surface area contributed by atoms with E-state index in [0.717, 1.165) is 0 Å². The third-order valence-electron chi connectivity index (χ3n) is 3.81. The molecule has 3 rings (SSSR count). The molecule has 1 aliphatic rings. The van der Waals surface area contributed by atoms with E-state index in [1.54, 1.807) is 48.5 Å². The Kier molecular flexibility index (Phi) is 5.23. The summed E-state index contributed by atoms with van der Waals surface area (Å²) in [5, 5.41) is 0. The van der Waals surface area contributed by atoms with Crippen LogP contribution in [0.25, 0.3) is 0 Å². The molecule has 2 aromatic rings. The standard InChI is InChI=1S/C19H18O5/c20-18(14-7-3-1-4-8-14)23-13-17-16(11-12-22-17)24-19(21)15-9-5-2-6-10-15/h1-10,16-17H,11-13H2/t16?,17-/m0/s1. The second-order valence-electron chi connectivity index (χ2n) is 5.47. The van der Waals surface area contributed by atoms with Gasteiger partial charge in [-0.25, -0.2) is 9.59 Å². The predicted octanol–water partition coefficient (Wildman–Crippen LogP) is 2.86. The Balaban J connectivity index is 1.54. The zero-order valence-electron chi connectivity index (χ0n) is 13.1. The lowest BCUT2D eigenvalue weighted by Gasteiger charge is -2.19. The molecule has 1 heterocycles. The quantitative estimate of drug-likeness (QED) is 0.791. The first-order chi connectivity index (χ1) is 11.7. The molecule has 124 valence electrons. The van der Waals surface area contributed by atoms with Crippen molar-refractivity contribution in [3.63, 3.8) is 0 Å². The van der Waals surface area contributed by atoms with Crippen LogP contribution < -0.4 is 0 Å². The van der Waals surface area contributed by atoms with Crippen molar-refractivity contribution in [2.24, 2.45) is 0 Å². The smallest absolute Gasteiger partial charge is 0.338 e. The van der Waals surface area contributed by atoms with Crippen LogP contribution >= 0.6 is 0 Å². The Labute approximate surface area is 140 Å². The van der Waals surface area contributed by atoms with E-state index in [1.807, 2.05) is 12.1 Å². The Morgan fingerprint density at radius 1 is 0.917 bits per heavy atom. The number of hydrogen-bond donors (Lipinski definition) is 0. The van der Waals surface area contributed by atoms with Crippen molar-refractivity contribution in [1.29, 1.82) is 0 Å². The van der Waals surface area contributed by atoms with Gasteiger partial charge in [-0.05, 0) is 24.3 Å². The summed E-state index contributed by atoms with van der Waals surface area (Å²) in [6.07, 6.45) is -0.266. The monoisotopic (exact) mass is 326 g/mol. The fraction of sp³-hybridized carbons (Fsp3) is 0.263.